The number of allylic oxidation sites excluding steroid dienone is 2. The molecular weight excluding hydrogens is 308 g/mol. The second-order valence-electron chi connectivity index (χ2n) is 7.35. The lowest BCUT2D eigenvalue weighted by Crippen LogP contribution is -2.44. The fourth-order valence-electron chi connectivity index (χ4n) is 4.32. The van der Waals surface area contributed by atoms with Crippen molar-refractivity contribution in [1.82, 2.24) is 9.47 Å². The highest BCUT2D eigenvalue weighted by molar-refractivity contribution is 6.24. The van der Waals surface area contributed by atoms with Crippen LogP contribution in [0.3, 0.4) is 0 Å². The first-order valence-corrected chi connectivity index (χ1v) is 9.25. The number of nitrogens with zero attached hydrogens (tertiary/aromatic N) is 4. The second-order valence-corrected chi connectivity index (χ2v) is 7.35. The summed E-state index contributed by atoms with van der Waals surface area (Å²) in [5, 5.41) is 0. The molecule has 0 amide bonds. The number of hydrogen-bond acceptors (Lipinski definition) is 3. The summed E-state index contributed by atoms with van der Waals surface area (Å²) >= 11 is 0. The van der Waals surface area contributed by atoms with Crippen molar-refractivity contribution in [2.24, 2.45) is 4.99 Å². The van der Waals surface area contributed by atoms with Gasteiger partial charge in [-0.3, -0.25) is 0 Å². The van der Waals surface area contributed by atoms with Crippen molar-refractivity contribution < 1.29 is 0 Å². The first kappa shape index (κ1) is 15.0. The van der Waals surface area contributed by atoms with Gasteiger partial charge in [-0.15, -0.1) is 0 Å². The summed E-state index contributed by atoms with van der Waals surface area (Å²) in [6.45, 7) is 6.50. The van der Waals surface area contributed by atoms with Gasteiger partial charge in [0.25, 0.3) is 0 Å². The van der Waals surface area contributed by atoms with E-state index in [1.807, 2.05) is 0 Å². The number of rotatable bonds is 1. The normalized spacial score (nSPS) is 19.7. The van der Waals surface area contributed by atoms with Gasteiger partial charge in [-0.25, -0.2) is 4.99 Å². The van der Waals surface area contributed by atoms with Crippen molar-refractivity contribution in [3.05, 3.63) is 47.8 Å². The molecule has 3 aliphatic rings. The van der Waals surface area contributed by atoms with Crippen molar-refractivity contribution in [3.8, 4) is 5.69 Å². The molecule has 0 bridgehead atoms. The van der Waals surface area contributed by atoms with Crippen molar-refractivity contribution in [1.29, 1.82) is 0 Å². The molecule has 1 aromatic carbocycles. The average Bonchev–Trinajstić information content (AvgIpc) is 3.01. The zero-order valence-corrected chi connectivity index (χ0v) is 15.0. The number of hydrogen-bond donors (Lipinski definition) is 0. The molecule has 1 saturated heterocycles. The molecule has 1 aromatic heterocycles. The predicted octanol–water partition coefficient (Wildman–Crippen LogP) is 3.66. The summed E-state index contributed by atoms with van der Waals surface area (Å²) in [7, 11) is 2.20. The second kappa shape index (κ2) is 5.60. The van der Waals surface area contributed by atoms with Crippen LogP contribution in [-0.2, 0) is 6.42 Å². The highest BCUT2D eigenvalue weighted by Crippen LogP contribution is 2.42. The molecule has 0 unspecified atom stereocenters. The van der Waals surface area contributed by atoms with Crippen molar-refractivity contribution in [2.45, 2.75) is 19.8 Å². The first-order valence-electron chi connectivity index (χ1n) is 9.25. The average molecular weight is 332 g/mol. The molecule has 5 rings (SSSR count). The first-order chi connectivity index (χ1) is 12.2. The molecule has 0 atom stereocenters. The van der Waals surface area contributed by atoms with Gasteiger partial charge in [0.2, 0.25) is 0 Å². The quantitative estimate of drug-likeness (QED) is 0.796. The fraction of sp³-hybridized carbons (Fsp3) is 0.381. The Hall–Kier alpha value is -2.33. The van der Waals surface area contributed by atoms with Crippen molar-refractivity contribution in [2.75, 3.05) is 38.1 Å². The number of para-hydroxylation sites is 1. The smallest absolute Gasteiger partial charge is 0.111 e. The van der Waals surface area contributed by atoms with E-state index in [0.29, 0.717) is 0 Å². The molecule has 1 fully saturated rings. The highest BCUT2D eigenvalue weighted by Gasteiger charge is 2.26. The third-order valence-corrected chi connectivity index (χ3v) is 5.75. The van der Waals surface area contributed by atoms with Crippen LogP contribution < -0.4 is 4.90 Å². The molecule has 0 saturated carbocycles. The zero-order valence-electron chi connectivity index (χ0n) is 15.0. The Bertz CT molecular complexity index is 895. The molecule has 2 aliphatic heterocycles. The summed E-state index contributed by atoms with van der Waals surface area (Å²) in [4.78, 5) is 10.0. The number of aromatic nitrogens is 1. The highest BCUT2D eigenvalue weighted by atomic mass is 15.3. The number of piperazine rings is 1. The van der Waals surface area contributed by atoms with Gasteiger partial charge in [-0.05, 0) is 50.6 Å². The minimum Gasteiger partial charge on any atom is -0.367 e. The van der Waals surface area contributed by atoms with Crippen molar-refractivity contribution >= 4 is 22.7 Å². The van der Waals surface area contributed by atoms with E-state index in [0.717, 1.165) is 50.4 Å². The summed E-state index contributed by atoms with van der Waals surface area (Å²) in [6, 6.07) is 8.91. The Morgan fingerprint density at radius 3 is 2.64 bits per heavy atom. The van der Waals surface area contributed by atoms with E-state index in [1.54, 1.807) is 0 Å². The zero-order chi connectivity index (χ0) is 17.0. The van der Waals surface area contributed by atoms with Crippen LogP contribution in [0.5, 0.6) is 0 Å². The third kappa shape index (κ3) is 2.28. The number of likely N-dealkylation sites (N-methyl/N-ethyl adjacent to an activating group) is 1. The standard InChI is InChI=1S/C21H24N4/c1-15-17-6-3-5-16-9-10-25(21(16)17)19-8-4-7-18(20(19)22-15)24-13-11-23(2)12-14-24/h4,6-10H,3,5,11-14H2,1-2H3. The summed E-state index contributed by atoms with van der Waals surface area (Å²) in [5.74, 6) is 0. The van der Waals surface area contributed by atoms with Crippen LogP contribution in [0.2, 0.25) is 0 Å². The topological polar surface area (TPSA) is 23.8 Å². The van der Waals surface area contributed by atoms with Gasteiger partial charge in [0.15, 0.2) is 0 Å². The Kier molecular flexibility index (Phi) is 3.35. The van der Waals surface area contributed by atoms with E-state index in [4.69, 9.17) is 4.99 Å². The van der Waals surface area contributed by atoms with Gasteiger partial charge in [0, 0.05) is 43.7 Å². The van der Waals surface area contributed by atoms with Gasteiger partial charge >= 0.3 is 0 Å². The Morgan fingerprint density at radius 1 is 1.00 bits per heavy atom. The molecule has 0 radical (unpaired) electrons. The maximum atomic E-state index is 5.12. The Morgan fingerprint density at radius 2 is 1.80 bits per heavy atom. The Balaban J connectivity index is 1.70. The van der Waals surface area contributed by atoms with Crippen LogP contribution in [0.25, 0.3) is 11.3 Å². The molecule has 25 heavy (non-hydrogen) atoms. The molecule has 4 heteroatoms. The molecule has 3 heterocycles. The minimum absolute atomic E-state index is 1.06. The lowest BCUT2D eigenvalue weighted by atomic mass is 9.94. The molecule has 4 nitrogen and oxygen atoms in total. The van der Waals surface area contributed by atoms with Gasteiger partial charge < -0.3 is 14.4 Å². The van der Waals surface area contributed by atoms with Gasteiger partial charge in [0.05, 0.1) is 17.1 Å². The molecular formula is C21H24N4. The van der Waals surface area contributed by atoms with E-state index >= 15 is 0 Å². The van der Waals surface area contributed by atoms with E-state index in [9.17, 15) is 0 Å². The summed E-state index contributed by atoms with van der Waals surface area (Å²) in [6.07, 6.45) is 6.83. The van der Waals surface area contributed by atoms with E-state index in [1.165, 1.54) is 28.2 Å². The summed E-state index contributed by atoms with van der Waals surface area (Å²) < 4.78 is 2.36. The number of anilines is 1. The van der Waals surface area contributed by atoms with Crippen LogP contribution in [0.15, 0.2) is 41.5 Å². The monoisotopic (exact) mass is 332 g/mol. The van der Waals surface area contributed by atoms with Crippen LogP contribution in [-0.4, -0.2) is 48.4 Å². The van der Waals surface area contributed by atoms with Gasteiger partial charge in [-0.2, -0.15) is 0 Å². The SMILES string of the molecule is CC1=Nc2c(N3CCN(C)CC3)cccc2-n2ccc3c2C1=CCC3. The van der Waals surface area contributed by atoms with Crippen molar-refractivity contribution in [3.63, 3.8) is 0 Å². The van der Waals surface area contributed by atoms with Gasteiger partial charge in [0.1, 0.15) is 5.69 Å². The van der Waals surface area contributed by atoms with Gasteiger partial charge in [-0.1, -0.05) is 12.1 Å². The van der Waals surface area contributed by atoms with Crippen LogP contribution in [0, 0.1) is 0 Å². The van der Waals surface area contributed by atoms with E-state index in [2.05, 4.69) is 64.9 Å². The maximum absolute atomic E-state index is 5.12. The number of aliphatic imine (C=N–C) groups is 1. The Labute approximate surface area is 149 Å². The molecule has 2 aromatic rings. The van der Waals surface area contributed by atoms with Crippen LogP contribution in [0.4, 0.5) is 11.4 Å². The van der Waals surface area contributed by atoms with Crippen LogP contribution in [0.1, 0.15) is 24.6 Å². The van der Waals surface area contributed by atoms with E-state index < -0.39 is 0 Å². The summed E-state index contributed by atoms with van der Waals surface area (Å²) in [5.41, 5.74) is 8.85. The number of aryl methyl sites for hydroxylation is 1. The van der Waals surface area contributed by atoms with Crippen LogP contribution >= 0.6 is 0 Å². The third-order valence-electron chi connectivity index (χ3n) is 5.75. The molecule has 0 N–H and O–H groups in total. The maximum Gasteiger partial charge on any atom is 0.111 e. The fourth-order valence-corrected chi connectivity index (χ4v) is 4.32. The lowest BCUT2D eigenvalue weighted by Gasteiger charge is -2.35. The molecule has 1 aliphatic carbocycles. The number of benzene rings is 1. The molecule has 128 valence electrons. The molecule has 0 spiro atoms. The number of fused-ring (bicyclic) bond motifs is 2. The largest absolute Gasteiger partial charge is 0.367 e. The lowest BCUT2D eigenvalue weighted by molar-refractivity contribution is 0.313. The van der Waals surface area contributed by atoms with E-state index in [-0.39, 0.29) is 0 Å². The predicted molar refractivity (Wildman–Crippen MR) is 105 cm³/mol. The minimum atomic E-state index is 1.06.